The van der Waals surface area contributed by atoms with Crippen LogP contribution >= 0.6 is 35.1 Å². The van der Waals surface area contributed by atoms with E-state index in [2.05, 4.69) is 21.8 Å². The zero-order chi connectivity index (χ0) is 25.2. The van der Waals surface area contributed by atoms with E-state index in [1.54, 1.807) is 18.4 Å². The first-order chi connectivity index (χ1) is 17.4. The number of hydrogen-bond donors (Lipinski definition) is 1. The first kappa shape index (κ1) is 25.4. The average molecular weight is 546 g/mol. The van der Waals surface area contributed by atoms with E-state index in [0.29, 0.717) is 34.2 Å². The van der Waals surface area contributed by atoms with Crippen molar-refractivity contribution in [3.05, 3.63) is 98.8 Å². The molecular weight excluding hydrogens is 518 g/mol. The first-order valence-electron chi connectivity index (χ1n) is 12.0. The van der Waals surface area contributed by atoms with Gasteiger partial charge in [0, 0.05) is 41.4 Å². The van der Waals surface area contributed by atoms with Crippen LogP contribution in [0.2, 0.25) is 10.0 Å². The number of hydrogen-bond acceptors (Lipinski definition) is 4. The second-order valence-electron chi connectivity index (χ2n) is 9.43. The molecule has 36 heavy (non-hydrogen) atoms. The van der Waals surface area contributed by atoms with Crippen molar-refractivity contribution in [3.63, 3.8) is 0 Å². The van der Waals surface area contributed by atoms with Crippen LogP contribution in [0, 0.1) is 11.7 Å². The fourth-order valence-corrected chi connectivity index (χ4v) is 5.69. The lowest BCUT2D eigenvalue weighted by Gasteiger charge is -2.44. The van der Waals surface area contributed by atoms with E-state index in [0.717, 1.165) is 49.0 Å². The van der Waals surface area contributed by atoms with Crippen molar-refractivity contribution in [1.82, 2.24) is 9.62 Å². The molecule has 1 saturated heterocycles. The molecule has 1 saturated carbocycles. The summed E-state index contributed by atoms with van der Waals surface area (Å²) in [4.78, 5) is 14.6. The van der Waals surface area contributed by atoms with E-state index in [9.17, 15) is 9.18 Å². The molecule has 2 aliphatic rings. The van der Waals surface area contributed by atoms with Gasteiger partial charge >= 0.3 is 0 Å². The van der Waals surface area contributed by atoms with Crippen molar-refractivity contribution >= 4 is 41.1 Å². The number of halogens is 3. The van der Waals surface area contributed by atoms with Crippen LogP contribution in [0.25, 0.3) is 0 Å². The number of amides is 1. The van der Waals surface area contributed by atoms with Crippen LogP contribution in [0.15, 0.2) is 60.7 Å². The van der Waals surface area contributed by atoms with E-state index >= 15 is 0 Å². The summed E-state index contributed by atoms with van der Waals surface area (Å²) in [6.07, 6.45) is 3.80. The molecule has 4 nitrogen and oxygen atoms in total. The molecule has 1 amide bonds. The van der Waals surface area contributed by atoms with Crippen LogP contribution in [0.4, 0.5) is 4.39 Å². The molecule has 0 unspecified atom stereocenters. The topological polar surface area (TPSA) is 41.6 Å². The van der Waals surface area contributed by atoms with Gasteiger partial charge in [-0.2, -0.15) is 0 Å². The van der Waals surface area contributed by atoms with Gasteiger partial charge in [-0.25, -0.2) is 4.39 Å². The standard InChI is InChI=1S/C28H27Cl2FN2O2S/c1-36-32-28(34)24-12-23(18-7-8-18)26(13-25(24)31)35-16-17-14-33(15-17)27(19-5-3-2-4-6-19)20-9-21(29)11-22(30)10-20/h2-6,9-13,17-18,27H,7-8,14-16H2,1H3,(H,32,34)/t27-/m0/s1. The van der Waals surface area contributed by atoms with Crippen molar-refractivity contribution in [3.8, 4) is 5.75 Å². The quantitative estimate of drug-likeness (QED) is 0.291. The molecule has 1 aliphatic heterocycles. The van der Waals surface area contributed by atoms with Gasteiger partial charge in [-0.15, -0.1) is 0 Å². The summed E-state index contributed by atoms with van der Waals surface area (Å²) in [5.41, 5.74) is 3.22. The highest BCUT2D eigenvalue weighted by molar-refractivity contribution is 7.97. The first-order valence-corrected chi connectivity index (χ1v) is 14.0. The van der Waals surface area contributed by atoms with Gasteiger partial charge < -0.3 is 4.74 Å². The van der Waals surface area contributed by atoms with E-state index in [4.69, 9.17) is 27.9 Å². The van der Waals surface area contributed by atoms with Gasteiger partial charge in [-0.3, -0.25) is 14.4 Å². The number of likely N-dealkylation sites (tertiary alicyclic amines) is 1. The van der Waals surface area contributed by atoms with Crippen molar-refractivity contribution in [2.24, 2.45) is 5.92 Å². The minimum Gasteiger partial charge on any atom is -0.493 e. The number of nitrogens with one attached hydrogen (secondary N) is 1. The highest BCUT2D eigenvalue weighted by atomic mass is 35.5. The van der Waals surface area contributed by atoms with Gasteiger partial charge in [-0.1, -0.05) is 65.5 Å². The molecule has 3 aromatic rings. The molecule has 188 valence electrons. The fourth-order valence-electron chi connectivity index (χ4n) is 4.85. The molecule has 1 N–H and O–H groups in total. The highest BCUT2D eigenvalue weighted by Gasteiger charge is 2.35. The van der Waals surface area contributed by atoms with E-state index in [1.165, 1.54) is 11.6 Å². The van der Waals surface area contributed by atoms with Crippen LogP contribution in [0.1, 0.15) is 51.8 Å². The predicted molar refractivity (Wildman–Crippen MR) is 145 cm³/mol. The second kappa shape index (κ2) is 11.0. The number of carbonyl (C=O) groups is 1. The van der Waals surface area contributed by atoms with E-state index in [-0.39, 0.29) is 11.6 Å². The molecular formula is C28H27Cl2FN2O2S. The normalized spacial score (nSPS) is 16.9. The maximum atomic E-state index is 14.7. The van der Waals surface area contributed by atoms with Crippen molar-refractivity contribution in [2.75, 3.05) is 26.0 Å². The molecule has 8 heteroatoms. The van der Waals surface area contributed by atoms with E-state index < -0.39 is 11.7 Å². The zero-order valence-corrected chi connectivity index (χ0v) is 22.2. The van der Waals surface area contributed by atoms with Gasteiger partial charge in [0.1, 0.15) is 11.6 Å². The Morgan fingerprint density at radius 1 is 1.08 bits per heavy atom. The molecule has 1 heterocycles. The summed E-state index contributed by atoms with van der Waals surface area (Å²) in [5.74, 6) is 0.208. The van der Waals surface area contributed by atoms with Crippen molar-refractivity contribution < 1.29 is 13.9 Å². The Hall–Kier alpha value is -2.25. The Balaban J connectivity index is 1.29. The van der Waals surface area contributed by atoms with Crippen LogP contribution in [0.3, 0.4) is 0 Å². The third-order valence-electron chi connectivity index (χ3n) is 6.70. The van der Waals surface area contributed by atoms with Crippen LogP contribution in [-0.2, 0) is 0 Å². The number of ether oxygens (including phenoxy) is 1. The minimum atomic E-state index is -0.557. The average Bonchev–Trinajstić information content (AvgIpc) is 3.66. The fraction of sp³-hybridized carbons (Fsp3) is 0.321. The molecule has 1 atom stereocenters. The summed E-state index contributed by atoms with van der Waals surface area (Å²) in [6.45, 7) is 2.15. The predicted octanol–water partition coefficient (Wildman–Crippen LogP) is 7.12. The highest BCUT2D eigenvalue weighted by Crippen LogP contribution is 2.45. The molecule has 0 spiro atoms. The Morgan fingerprint density at radius 2 is 1.78 bits per heavy atom. The lowest BCUT2D eigenvalue weighted by Crippen LogP contribution is -2.51. The molecule has 0 radical (unpaired) electrons. The molecule has 3 aromatic carbocycles. The van der Waals surface area contributed by atoms with Crippen LogP contribution in [0.5, 0.6) is 5.75 Å². The van der Waals surface area contributed by atoms with Crippen LogP contribution < -0.4 is 9.46 Å². The third kappa shape index (κ3) is 5.67. The molecule has 1 aliphatic carbocycles. The Morgan fingerprint density at radius 3 is 2.42 bits per heavy atom. The minimum absolute atomic E-state index is 0.0346. The Kier molecular flexibility index (Phi) is 7.77. The van der Waals surface area contributed by atoms with Crippen molar-refractivity contribution in [1.29, 1.82) is 0 Å². The summed E-state index contributed by atoms with van der Waals surface area (Å²) in [6, 6.07) is 19.0. The summed E-state index contributed by atoms with van der Waals surface area (Å²) in [7, 11) is 0. The zero-order valence-electron chi connectivity index (χ0n) is 19.8. The molecule has 0 aromatic heterocycles. The second-order valence-corrected chi connectivity index (χ2v) is 10.9. The lowest BCUT2D eigenvalue weighted by atomic mass is 9.90. The third-order valence-corrected chi connectivity index (χ3v) is 7.52. The number of rotatable bonds is 9. The number of benzene rings is 3. The SMILES string of the molecule is CSNC(=O)c1cc(C2CC2)c(OCC2CN([C@@H](c3ccccc3)c3cc(Cl)cc(Cl)c3)C2)cc1F. The van der Waals surface area contributed by atoms with Gasteiger partial charge in [0.25, 0.3) is 5.91 Å². The van der Waals surface area contributed by atoms with Gasteiger partial charge in [-0.05, 0) is 59.7 Å². The lowest BCUT2D eigenvalue weighted by molar-refractivity contribution is 0.0375. The smallest absolute Gasteiger partial charge is 0.264 e. The largest absolute Gasteiger partial charge is 0.493 e. The van der Waals surface area contributed by atoms with E-state index in [1.807, 2.05) is 30.3 Å². The monoisotopic (exact) mass is 544 g/mol. The summed E-state index contributed by atoms with van der Waals surface area (Å²) in [5, 5.41) is 1.23. The number of carbonyl (C=O) groups excluding carboxylic acids is 1. The summed E-state index contributed by atoms with van der Waals surface area (Å²) < 4.78 is 23.5. The van der Waals surface area contributed by atoms with Gasteiger partial charge in [0.15, 0.2) is 0 Å². The maximum Gasteiger partial charge on any atom is 0.264 e. The van der Waals surface area contributed by atoms with Gasteiger partial charge in [0.2, 0.25) is 0 Å². The Bertz CT molecular complexity index is 1230. The summed E-state index contributed by atoms with van der Waals surface area (Å²) >= 11 is 13.8. The molecule has 2 fully saturated rings. The van der Waals surface area contributed by atoms with Gasteiger partial charge in [0.05, 0.1) is 18.2 Å². The van der Waals surface area contributed by atoms with Crippen molar-refractivity contribution in [2.45, 2.75) is 24.8 Å². The number of nitrogens with zero attached hydrogens (tertiary/aromatic N) is 1. The Labute approximate surface area is 225 Å². The maximum absolute atomic E-state index is 14.7. The van der Waals surface area contributed by atoms with Crippen LogP contribution in [-0.4, -0.2) is 36.8 Å². The molecule has 5 rings (SSSR count). The molecule has 0 bridgehead atoms.